The molecule has 0 saturated carbocycles. The number of hydrogen-bond donors (Lipinski definition) is 3. The molecule has 4 unspecified atom stereocenters. The molecule has 2 heterocycles. The van der Waals surface area contributed by atoms with Gasteiger partial charge in [0.25, 0.3) is 0 Å². The van der Waals surface area contributed by atoms with Crippen molar-refractivity contribution in [3.05, 3.63) is 58.3 Å². The fourth-order valence-corrected chi connectivity index (χ4v) is 4.26. The maximum atomic E-state index is 12.6. The first-order valence-corrected chi connectivity index (χ1v) is 9.92. The molecule has 0 aliphatic carbocycles. The van der Waals surface area contributed by atoms with Crippen molar-refractivity contribution in [1.29, 1.82) is 0 Å². The number of carbonyl (C=O) groups excluding carboxylic acids is 1. The van der Waals surface area contributed by atoms with Crippen LogP contribution in [0.3, 0.4) is 0 Å². The minimum absolute atomic E-state index is 0.0624. The zero-order valence-corrected chi connectivity index (χ0v) is 16.7. The van der Waals surface area contributed by atoms with Crippen LogP contribution in [0.1, 0.15) is 25.5 Å². The number of hydrogen-bond acceptors (Lipinski definition) is 5. The highest BCUT2D eigenvalue weighted by molar-refractivity contribution is 8.00. The number of halogens is 2. The van der Waals surface area contributed by atoms with Crippen LogP contribution in [0.4, 0.5) is 0 Å². The number of hydrazine groups is 1. The maximum Gasteiger partial charge on any atom is 0.234 e. The molecule has 0 spiro atoms. The van der Waals surface area contributed by atoms with Crippen molar-refractivity contribution < 1.29 is 4.79 Å². The Kier molecular flexibility index (Phi) is 6.42. The van der Waals surface area contributed by atoms with Gasteiger partial charge in [0.05, 0.1) is 22.5 Å². The van der Waals surface area contributed by atoms with Crippen LogP contribution in [-0.2, 0) is 4.79 Å². The highest BCUT2D eigenvalue weighted by Gasteiger charge is 2.35. The molecular formula is C18H20Cl2N4OS. The van der Waals surface area contributed by atoms with Crippen LogP contribution in [0, 0.1) is 5.92 Å². The van der Waals surface area contributed by atoms with Crippen LogP contribution in [-0.4, -0.2) is 22.3 Å². The fraction of sp³-hybridized carbons (Fsp3) is 0.333. The van der Waals surface area contributed by atoms with Crippen LogP contribution in [0.5, 0.6) is 0 Å². The third-order valence-corrected chi connectivity index (χ3v) is 6.21. The van der Waals surface area contributed by atoms with Gasteiger partial charge in [0, 0.05) is 28.2 Å². The quantitative estimate of drug-likeness (QED) is 0.654. The predicted octanol–water partition coefficient (Wildman–Crippen LogP) is 3.80. The second-order valence-corrected chi connectivity index (χ2v) is 8.45. The van der Waals surface area contributed by atoms with Crippen molar-refractivity contribution in [2.75, 3.05) is 0 Å². The average Bonchev–Trinajstić information content (AvgIpc) is 2.99. The molecule has 3 rings (SSSR count). The summed E-state index contributed by atoms with van der Waals surface area (Å²) in [6.45, 7) is 3.94. The molecule has 3 N–H and O–H groups in total. The molecule has 26 heavy (non-hydrogen) atoms. The van der Waals surface area contributed by atoms with Gasteiger partial charge in [-0.1, -0.05) is 30.1 Å². The van der Waals surface area contributed by atoms with E-state index in [4.69, 9.17) is 23.2 Å². The van der Waals surface area contributed by atoms with Gasteiger partial charge in [0.2, 0.25) is 5.91 Å². The van der Waals surface area contributed by atoms with Crippen LogP contribution in [0.2, 0.25) is 10.0 Å². The number of nitrogens with one attached hydrogen (secondary N) is 3. The molecule has 1 aromatic heterocycles. The molecule has 4 atom stereocenters. The number of pyridine rings is 1. The third kappa shape index (κ3) is 4.50. The molecule has 2 aromatic rings. The summed E-state index contributed by atoms with van der Waals surface area (Å²) in [6.07, 6.45) is 3.37. The van der Waals surface area contributed by atoms with Gasteiger partial charge in [-0.3, -0.25) is 9.78 Å². The fourth-order valence-electron chi connectivity index (χ4n) is 2.84. The predicted molar refractivity (Wildman–Crippen MR) is 106 cm³/mol. The first-order chi connectivity index (χ1) is 12.5. The van der Waals surface area contributed by atoms with Crippen LogP contribution in [0.25, 0.3) is 0 Å². The van der Waals surface area contributed by atoms with E-state index in [1.165, 1.54) is 11.8 Å². The standard InChI is InChI=1S/C18H20Cl2N4OS/c1-10-16(12-5-7-21-8-6-12)23-24-17(10)22-18(25)11(2)26-15-9-13(19)3-4-14(15)20/h3-11,16-17,23-24H,1-2H3,(H,22,25). The summed E-state index contributed by atoms with van der Waals surface area (Å²) in [6, 6.07) is 9.29. The van der Waals surface area contributed by atoms with Crippen molar-refractivity contribution in [3.8, 4) is 0 Å². The lowest BCUT2D eigenvalue weighted by Gasteiger charge is -2.21. The van der Waals surface area contributed by atoms with E-state index >= 15 is 0 Å². The van der Waals surface area contributed by atoms with Gasteiger partial charge in [-0.25, -0.2) is 10.9 Å². The summed E-state index contributed by atoms with van der Waals surface area (Å²) >= 11 is 13.6. The largest absolute Gasteiger partial charge is 0.338 e. The van der Waals surface area contributed by atoms with E-state index in [-0.39, 0.29) is 29.3 Å². The number of aromatic nitrogens is 1. The lowest BCUT2D eigenvalue weighted by Crippen LogP contribution is -2.48. The molecule has 0 radical (unpaired) electrons. The van der Waals surface area contributed by atoms with Gasteiger partial charge in [-0.15, -0.1) is 11.8 Å². The highest BCUT2D eigenvalue weighted by atomic mass is 35.5. The number of carbonyl (C=O) groups is 1. The molecular weight excluding hydrogens is 391 g/mol. The minimum Gasteiger partial charge on any atom is -0.338 e. The van der Waals surface area contributed by atoms with E-state index in [9.17, 15) is 4.79 Å². The molecule has 1 fully saturated rings. The van der Waals surface area contributed by atoms with Crippen molar-refractivity contribution >= 4 is 40.9 Å². The Morgan fingerprint density at radius 1 is 1.23 bits per heavy atom. The van der Waals surface area contributed by atoms with E-state index in [1.54, 1.807) is 30.6 Å². The number of thioether (sulfide) groups is 1. The third-order valence-electron chi connectivity index (χ3n) is 4.38. The Labute approximate surface area is 167 Å². The summed E-state index contributed by atoms with van der Waals surface area (Å²) in [5.41, 5.74) is 7.54. The smallest absolute Gasteiger partial charge is 0.234 e. The summed E-state index contributed by atoms with van der Waals surface area (Å²) in [7, 11) is 0. The first-order valence-electron chi connectivity index (χ1n) is 8.29. The zero-order chi connectivity index (χ0) is 18.7. The van der Waals surface area contributed by atoms with Crippen molar-refractivity contribution in [1.82, 2.24) is 21.2 Å². The summed E-state index contributed by atoms with van der Waals surface area (Å²) in [4.78, 5) is 17.4. The normalized spacial score (nSPS) is 23.6. The van der Waals surface area contributed by atoms with Gasteiger partial charge in [0.1, 0.15) is 0 Å². The molecule has 138 valence electrons. The summed E-state index contributed by atoms with van der Waals surface area (Å²) in [5, 5.41) is 3.94. The molecule has 1 aromatic carbocycles. The maximum absolute atomic E-state index is 12.6. The van der Waals surface area contributed by atoms with Crippen LogP contribution in [0.15, 0.2) is 47.6 Å². The van der Waals surface area contributed by atoms with E-state index in [0.29, 0.717) is 10.0 Å². The van der Waals surface area contributed by atoms with Crippen molar-refractivity contribution in [2.24, 2.45) is 5.92 Å². The Bertz CT molecular complexity index is 777. The Hall–Kier alpha value is -1.31. The molecule has 0 bridgehead atoms. The van der Waals surface area contributed by atoms with E-state index in [1.807, 2.05) is 19.1 Å². The van der Waals surface area contributed by atoms with Gasteiger partial charge in [-0.2, -0.15) is 0 Å². The summed E-state index contributed by atoms with van der Waals surface area (Å²) in [5.74, 6) is 0.112. The minimum atomic E-state index is -0.306. The van der Waals surface area contributed by atoms with E-state index in [0.717, 1.165) is 10.5 Å². The second-order valence-electron chi connectivity index (χ2n) is 6.23. The average molecular weight is 411 g/mol. The summed E-state index contributed by atoms with van der Waals surface area (Å²) < 4.78 is 0. The van der Waals surface area contributed by atoms with Gasteiger partial charge < -0.3 is 5.32 Å². The van der Waals surface area contributed by atoms with Gasteiger partial charge in [0.15, 0.2) is 0 Å². The molecule has 1 amide bonds. The van der Waals surface area contributed by atoms with Crippen molar-refractivity contribution in [2.45, 2.75) is 36.2 Å². The Morgan fingerprint density at radius 3 is 2.69 bits per heavy atom. The SMILES string of the molecule is CC(Sc1cc(Cl)ccc1Cl)C(=O)NC1NNC(c2ccncc2)C1C. The molecule has 1 aliphatic rings. The molecule has 5 nitrogen and oxygen atoms in total. The first kappa shape index (κ1) is 19.5. The topological polar surface area (TPSA) is 66.1 Å². The van der Waals surface area contributed by atoms with Gasteiger partial charge >= 0.3 is 0 Å². The Balaban J connectivity index is 1.60. The molecule has 1 aliphatic heterocycles. The van der Waals surface area contributed by atoms with Gasteiger partial charge in [-0.05, 0) is 42.8 Å². The monoisotopic (exact) mass is 410 g/mol. The van der Waals surface area contributed by atoms with E-state index < -0.39 is 0 Å². The lowest BCUT2D eigenvalue weighted by molar-refractivity contribution is -0.121. The lowest BCUT2D eigenvalue weighted by atomic mass is 9.95. The van der Waals surface area contributed by atoms with Crippen LogP contribution < -0.4 is 16.2 Å². The van der Waals surface area contributed by atoms with E-state index in [2.05, 4.69) is 28.1 Å². The Morgan fingerprint density at radius 2 is 1.96 bits per heavy atom. The van der Waals surface area contributed by atoms with Crippen LogP contribution >= 0.6 is 35.0 Å². The van der Waals surface area contributed by atoms with Crippen molar-refractivity contribution in [3.63, 3.8) is 0 Å². The second kappa shape index (κ2) is 8.59. The molecule has 1 saturated heterocycles. The number of rotatable bonds is 5. The highest BCUT2D eigenvalue weighted by Crippen LogP contribution is 2.33. The number of benzene rings is 1. The zero-order valence-electron chi connectivity index (χ0n) is 14.4. The molecule has 8 heteroatoms. The number of amides is 1. The number of nitrogens with zero attached hydrogens (tertiary/aromatic N) is 1.